The van der Waals surface area contributed by atoms with Gasteiger partial charge in [0, 0.05) is 53.8 Å². The molecule has 20 unspecified atom stereocenters. The van der Waals surface area contributed by atoms with E-state index in [2.05, 4.69) is 21.3 Å². The maximum atomic E-state index is 14.8. The van der Waals surface area contributed by atoms with Gasteiger partial charge in [-0.05, 0) is 0 Å². The number of aliphatic hydroxyl groups is 22. The monoisotopic (exact) mass is 1900 g/mol. The summed E-state index contributed by atoms with van der Waals surface area (Å²) in [5, 5.41) is 267. The summed E-state index contributed by atoms with van der Waals surface area (Å²) in [6.07, 6.45) is -92.8. The van der Waals surface area contributed by atoms with Gasteiger partial charge in [0.2, 0.25) is 23.6 Å². The van der Waals surface area contributed by atoms with Gasteiger partial charge in [0.05, 0.1) is 38.6 Å². The highest BCUT2D eigenvalue weighted by molar-refractivity contribution is 5.81. The van der Waals surface area contributed by atoms with E-state index in [-0.39, 0.29) is 6.29 Å². The first-order valence-corrected chi connectivity index (χ1v) is 40.9. The van der Waals surface area contributed by atoms with Crippen LogP contribution in [0.3, 0.4) is 0 Å². The standard InChI is InChI=1S/C72H116N6O52/c1-16-22(9-79)114-67(45(100)33(16)88)122-54-31(75-20(5)86)65(117-25(12-82)39(54)94)126-56-43(98)49(104)71(123-52-29(73-18(3)84)63(110-7)115-23(10-80)37(52)92)128-58(56)60(106)77-112-14-27-35(90)41(96)47(102)68(119-27)130-69-48(103)42(97)36(91)28(120-69)15-113-78-61(107)59-57(44(99)50(105)72(129-59)124-53-30(74-19(4)85)64(111-8)116-24(11-81)38(53)93)127-66-32(76-21(6)87)55(40(95)26(13-83)118-66)125-70-46(101)34(89)17(2)51(121-70)62(108)109/h9,16-17,22-59,63-72,80-83,88-105H,10-15H2,1-8H3,(H,73,84)(H,74,85)(H,75,86)(H,76,87)(H,77,106)(H,78,107)(H,108,109)/t16-,17+,22?,23?,24?,25?,26?,27?,28?,29?,30?,31?,32?,33+,34+,35-,36-,37-,38-,39-,40-,41+,42+,43-,44-,45?,46?,47?,48?,49+,50?,51?,52-,53-,54-,55-,56+,57+,58?,59?,63-,64-,65+,66+,67+,68-,69-,70+,71?,72-/m1/s1. The topological polar surface area (TPSA) is 868 Å². The molecule has 0 bridgehead atoms. The van der Waals surface area contributed by atoms with Crippen LogP contribution in [0.15, 0.2) is 0 Å². The van der Waals surface area contributed by atoms with Crippen LogP contribution in [0.25, 0.3) is 0 Å². The van der Waals surface area contributed by atoms with Crippen molar-refractivity contribution in [2.75, 3.05) is 53.9 Å². The number of rotatable bonds is 34. The molecule has 29 N–H and O–H groups in total. The third-order valence-corrected chi connectivity index (χ3v) is 23.4. The molecule has 10 heterocycles. The highest BCUT2D eigenvalue weighted by Gasteiger charge is 2.62. The summed E-state index contributed by atoms with van der Waals surface area (Å²) in [6.45, 7) is -0.103. The Balaban J connectivity index is 0.874. The normalized spacial score (nSPS) is 47.2. The van der Waals surface area contributed by atoms with E-state index in [1.165, 1.54) is 13.8 Å². The van der Waals surface area contributed by atoms with E-state index in [9.17, 15) is 156 Å². The lowest BCUT2D eigenvalue weighted by atomic mass is 9.90. The number of aliphatic hydroxyl groups excluding tert-OH is 22. The highest BCUT2D eigenvalue weighted by atomic mass is 16.8. The van der Waals surface area contributed by atoms with Crippen molar-refractivity contribution in [3.05, 3.63) is 0 Å². The molecule has 58 nitrogen and oxygen atoms in total. The lowest BCUT2D eigenvalue weighted by Gasteiger charge is -2.50. The van der Waals surface area contributed by atoms with Crippen LogP contribution in [0, 0.1) is 11.8 Å². The number of hydrogen-bond acceptors (Lipinski definition) is 51. The second kappa shape index (κ2) is 46.4. The molecule has 10 fully saturated rings. The van der Waals surface area contributed by atoms with Crippen LogP contribution in [-0.4, -0.2) is 514 Å². The van der Waals surface area contributed by atoms with Crippen molar-refractivity contribution in [1.82, 2.24) is 32.2 Å². The number of nitrogens with one attached hydrogen (secondary N) is 6. The van der Waals surface area contributed by atoms with Crippen LogP contribution in [0.4, 0.5) is 0 Å². The average Bonchev–Trinajstić information content (AvgIpc) is 0.759. The third-order valence-electron chi connectivity index (χ3n) is 23.4. The van der Waals surface area contributed by atoms with Crippen molar-refractivity contribution in [3.63, 3.8) is 0 Å². The largest absolute Gasteiger partial charge is 0.479 e. The predicted molar refractivity (Wildman–Crippen MR) is 398 cm³/mol. The summed E-state index contributed by atoms with van der Waals surface area (Å²) in [5.41, 5.74) is 3.75. The zero-order valence-electron chi connectivity index (χ0n) is 70.3. The zero-order chi connectivity index (χ0) is 96.0. The molecule has 10 rings (SSSR count). The molecule has 0 aromatic carbocycles. The van der Waals surface area contributed by atoms with Gasteiger partial charge in [0.25, 0.3) is 11.8 Å². The van der Waals surface area contributed by atoms with Gasteiger partial charge in [-0.25, -0.2) is 15.8 Å². The molecule has 58 heteroatoms. The molecule has 6 amide bonds. The molecular formula is C72H116N6O52. The first-order valence-electron chi connectivity index (χ1n) is 40.9. The Morgan fingerprint density at radius 3 is 0.854 bits per heavy atom. The van der Waals surface area contributed by atoms with E-state index in [1.54, 1.807) is 0 Å². The van der Waals surface area contributed by atoms with Gasteiger partial charge in [-0.1, -0.05) is 13.8 Å². The Kier molecular flexibility index (Phi) is 37.9. The summed E-state index contributed by atoms with van der Waals surface area (Å²) in [6, 6.07) is -7.04. The predicted octanol–water partition coefficient (Wildman–Crippen LogP) is -20.0. The number of hydroxylamine groups is 2. The lowest BCUT2D eigenvalue weighted by molar-refractivity contribution is -0.378. The third kappa shape index (κ3) is 23.5. The number of carboxylic acid groups (broad SMARTS) is 1. The van der Waals surface area contributed by atoms with Crippen molar-refractivity contribution < 1.29 is 255 Å². The second-order valence-electron chi connectivity index (χ2n) is 32.4. The van der Waals surface area contributed by atoms with E-state index in [0.717, 1.165) is 41.9 Å². The summed E-state index contributed by atoms with van der Waals surface area (Å²) < 4.78 is 110. The minimum atomic E-state index is -2.56. The smallest absolute Gasteiger partial charge is 0.333 e. The number of carboxylic acids is 1. The first kappa shape index (κ1) is 106. The SMILES string of the molecule is CO[C@@H]1OC(CO)[C@@H](O)[C@H](OC2OC(C(=O)NOCC3O[C@H](O[C@H]4OC(CONC(=O)C5O[C@@H](O[C@@H]6C(NC(C)=O)[C@H](OC)OC(CO)[C@H]6O)C(O)[C@@H](O)[C@@H]5O[C@@H]5OC(CO)[C@@H](O)[C@H](O[C@@H]6OC(C(=O)O)[C@@H](C)[C@H](O)C6O)C5NC(C)=O)[C@@H](O)[C@H](O)C4O)C(O)[C@@H](O)[C@@H]3O)[C@@H](O[C@@H]3OC(CO)[C@@H](O)[C@H](O[C@@H]4OC(C=O)[C@@H](C)[C@H](O)C4O)C3NC(C)=O)[C@H](O)[C@@H]2O)C1NC(C)=O. The van der Waals surface area contributed by atoms with Crippen LogP contribution >= 0.6 is 0 Å². The van der Waals surface area contributed by atoms with Gasteiger partial charge in [0.1, 0.15) is 221 Å². The summed E-state index contributed by atoms with van der Waals surface area (Å²) in [4.78, 5) is 116. The second-order valence-corrected chi connectivity index (χ2v) is 32.4. The molecule has 10 aliphatic heterocycles. The molecule has 50 atom stereocenters. The summed E-state index contributed by atoms with van der Waals surface area (Å²) >= 11 is 0. The molecule has 130 heavy (non-hydrogen) atoms. The van der Waals surface area contributed by atoms with Gasteiger partial charge in [-0.2, -0.15) is 0 Å². The fourth-order valence-corrected chi connectivity index (χ4v) is 16.3. The Bertz CT molecular complexity index is 3680. The average molecular weight is 1900 g/mol. The maximum Gasteiger partial charge on any atom is 0.333 e. The summed E-state index contributed by atoms with van der Waals surface area (Å²) in [7, 11) is 2.18. The molecule has 10 aliphatic rings. The molecule has 0 spiro atoms. The number of ether oxygens (including phenoxy) is 19. The Labute approximate surface area is 735 Å². The van der Waals surface area contributed by atoms with Crippen LogP contribution < -0.4 is 32.2 Å². The fraction of sp³-hybridized carbons (Fsp3) is 0.889. The van der Waals surface area contributed by atoms with E-state index < -0.39 is 387 Å². The molecule has 746 valence electrons. The van der Waals surface area contributed by atoms with Crippen molar-refractivity contribution in [2.24, 2.45) is 11.8 Å². The minimum Gasteiger partial charge on any atom is -0.479 e. The number of aldehydes is 1. The Morgan fingerprint density at radius 2 is 0.554 bits per heavy atom. The molecular weight excluding hydrogens is 1780 g/mol. The number of hydrogen-bond donors (Lipinski definition) is 29. The molecule has 0 saturated carbocycles. The lowest BCUT2D eigenvalue weighted by Crippen LogP contribution is -2.71. The number of amides is 6. The van der Waals surface area contributed by atoms with Crippen LogP contribution in [0.1, 0.15) is 41.5 Å². The quantitative estimate of drug-likeness (QED) is 0.0210. The first-order chi connectivity index (χ1) is 61.4. The van der Waals surface area contributed by atoms with Crippen molar-refractivity contribution in [3.8, 4) is 0 Å². The van der Waals surface area contributed by atoms with Gasteiger partial charge in [0.15, 0.2) is 81.2 Å². The van der Waals surface area contributed by atoms with Crippen molar-refractivity contribution in [1.29, 1.82) is 0 Å². The van der Waals surface area contributed by atoms with Gasteiger partial charge >= 0.3 is 5.97 Å². The van der Waals surface area contributed by atoms with Crippen molar-refractivity contribution in [2.45, 2.75) is 336 Å². The highest BCUT2D eigenvalue weighted by Crippen LogP contribution is 2.41. The number of methoxy groups -OCH3 is 2. The molecule has 0 aliphatic carbocycles. The van der Waals surface area contributed by atoms with Crippen LogP contribution in [0.5, 0.6) is 0 Å². The van der Waals surface area contributed by atoms with Crippen molar-refractivity contribution >= 4 is 47.7 Å². The van der Waals surface area contributed by atoms with Crippen LogP contribution in [-0.2, 0) is 138 Å². The Morgan fingerprint density at radius 1 is 0.292 bits per heavy atom. The fourth-order valence-electron chi connectivity index (χ4n) is 16.3. The van der Waals surface area contributed by atoms with E-state index >= 15 is 0 Å². The zero-order valence-corrected chi connectivity index (χ0v) is 70.3. The molecule has 0 aromatic heterocycles. The maximum absolute atomic E-state index is 14.8. The van der Waals surface area contributed by atoms with E-state index in [0.29, 0.717) is 0 Å². The molecule has 10 saturated heterocycles. The summed E-state index contributed by atoms with van der Waals surface area (Å²) in [5.74, 6) is -10.8. The number of carbonyl (C=O) groups is 8. The molecule has 0 aromatic rings. The minimum absolute atomic E-state index is 0.268. The van der Waals surface area contributed by atoms with E-state index in [4.69, 9.17) is 99.7 Å². The van der Waals surface area contributed by atoms with E-state index in [1.807, 2.05) is 11.0 Å². The van der Waals surface area contributed by atoms with Gasteiger partial charge in [-0.15, -0.1) is 0 Å². The van der Waals surface area contributed by atoms with Gasteiger partial charge < -0.3 is 234 Å². The Hall–Kier alpha value is -5.76. The number of carbonyl (C=O) groups excluding carboxylic acids is 7. The van der Waals surface area contributed by atoms with Gasteiger partial charge in [-0.3, -0.25) is 38.4 Å². The molecule has 0 radical (unpaired) electrons. The van der Waals surface area contributed by atoms with Crippen LogP contribution in [0.2, 0.25) is 0 Å². The number of aliphatic carboxylic acids is 1.